The Balaban J connectivity index is 2.32. The van der Waals surface area contributed by atoms with Crippen LogP contribution in [0, 0.1) is 0 Å². The maximum Gasteiger partial charge on any atom is 0.303 e. The van der Waals surface area contributed by atoms with Gasteiger partial charge in [-0.25, -0.2) is 0 Å². The molecular formula is C11H20N2O3. The molecule has 0 aromatic heterocycles. The number of hydrogen-bond donors (Lipinski definition) is 3. The van der Waals surface area contributed by atoms with Gasteiger partial charge in [0.2, 0.25) is 5.91 Å². The molecule has 1 aliphatic heterocycles. The molecular weight excluding hydrogens is 208 g/mol. The molecule has 16 heavy (non-hydrogen) atoms. The fourth-order valence-corrected chi connectivity index (χ4v) is 1.87. The molecule has 0 aromatic carbocycles. The van der Waals surface area contributed by atoms with Crippen LogP contribution in [0.3, 0.4) is 0 Å². The summed E-state index contributed by atoms with van der Waals surface area (Å²) in [6.45, 7) is 2.67. The Morgan fingerprint density at radius 1 is 1.62 bits per heavy atom. The van der Waals surface area contributed by atoms with E-state index in [2.05, 4.69) is 10.6 Å². The smallest absolute Gasteiger partial charge is 0.303 e. The number of carboxylic acids is 1. The molecule has 5 nitrogen and oxygen atoms in total. The maximum absolute atomic E-state index is 11.6. The molecule has 1 rings (SSSR count). The minimum absolute atomic E-state index is 0.0414. The number of aliphatic carboxylic acids is 1. The maximum atomic E-state index is 11.6. The molecule has 3 N–H and O–H groups in total. The standard InChI is InChI=1S/C11H20N2O3/c1-8(5-6-10(14)15)13-9-4-2-3-7-12-11(9)16/h8-9,13H,2-7H2,1H3,(H,12,16)(H,14,15). The summed E-state index contributed by atoms with van der Waals surface area (Å²) in [6, 6.07) is -0.101. The van der Waals surface area contributed by atoms with E-state index in [-0.39, 0.29) is 24.4 Å². The Labute approximate surface area is 95.6 Å². The molecule has 2 unspecified atom stereocenters. The average molecular weight is 228 g/mol. The lowest BCUT2D eigenvalue weighted by molar-refractivity contribution is -0.137. The van der Waals surface area contributed by atoms with Crippen LogP contribution in [0.4, 0.5) is 0 Å². The van der Waals surface area contributed by atoms with Gasteiger partial charge in [0.25, 0.3) is 0 Å². The molecule has 0 aliphatic carbocycles. The van der Waals surface area contributed by atoms with Crippen molar-refractivity contribution in [3.8, 4) is 0 Å². The summed E-state index contributed by atoms with van der Waals surface area (Å²) in [7, 11) is 0. The summed E-state index contributed by atoms with van der Waals surface area (Å²) in [6.07, 6.45) is 3.58. The Hall–Kier alpha value is -1.10. The van der Waals surface area contributed by atoms with E-state index in [1.807, 2.05) is 6.92 Å². The van der Waals surface area contributed by atoms with Crippen molar-refractivity contribution >= 4 is 11.9 Å². The lowest BCUT2D eigenvalue weighted by atomic mass is 10.1. The van der Waals surface area contributed by atoms with Gasteiger partial charge >= 0.3 is 5.97 Å². The van der Waals surface area contributed by atoms with E-state index in [9.17, 15) is 9.59 Å². The fraction of sp³-hybridized carbons (Fsp3) is 0.818. The normalized spacial score (nSPS) is 23.3. The summed E-state index contributed by atoms with van der Waals surface area (Å²) in [5.41, 5.74) is 0. The van der Waals surface area contributed by atoms with Crippen molar-refractivity contribution in [3.63, 3.8) is 0 Å². The molecule has 0 aromatic rings. The van der Waals surface area contributed by atoms with Crippen molar-refractivity contribution in [1.29, 1.82) is 0 Å². The first-order valence-corrected chi connectivity index (χ1v) is 5.85. The summed E-state index contributed by atoms with van der Waals surface area (Å²) < 4.78 is 0. The lowest BCUT2D eigenvalue weighted by Crippen LogP contribution is -2.46. The van der Waals surface area contributed by atoms with Crippen molar-refractivity contribution in [2.45, 2.75) is 51.1 Å². The molecule has 0 spiro atoms. The van der Waals surface area contributed by atoms with Crippen LogP contribution in [0.2, 0.25) is 0 Å². The van der Waals surface area contributed by atoms with Gasteiger partial charge in [-0.2, -0.15) is 0 Å². The number of rotatable bonds is 5. The third-order valence-corrected chi connectivity index (χ3v) is 2.81. The minimum Gasteiger partial charge on any atom is -0.481 e. The second-order valence-electron chi connectivity index (χ2n) is 4.34. The molecule has 1 saturated heterocycles. The van der Waals surface area contributed by atoms with Gasteiger partial charge in [0.1, 0.15) is 0 Å². The topological polar surface area (TPSA) is 78.4 Å². The summed E-state index contributed by atoms with van der Waals surface area (Å²) >= 11 is 0. The molecule has 1 heterocycles. The van der Waals surface area contributed by atoms with Crippen molar-refractivity contribution in [2.75, 3.05) is 6.54 Å². The SMILES string of the molecule is CC(CCC(=O)O)NC1CCCCNC1=O. The molecule has 0 saturated carbocycles. The Bertz CT molecular complexity index is 256. The van der Waals surface area contributed by atoms with Crippen LogP contribution in [0.1, 0.15) is 39.0 Å². The highest BCUT2D eigenvalue weighted by atomic mass is 16.4. The predicted octanol–water partition coefficient (Wildman–Crippen LogP) is 0.498. The fourth-order valence-electron chi connectivity index (χ4n) is 1.87. The monoisotopic (exact) mass is 228 g/mol. The van der Waals surface area contributed by atoms with Gasteiger partial charge < -0.3 is 15.7 Å². The van der Waals surface area contributed by atoms with E-state index >= 15 is 0 Å². The first kappa shape index (κ1) is 13.0. The van der Waals surface area contributed by atoms with Crippen molar-refractivity contribution in [1.82, 2.24) is 10.6 Å². The van der Waals surface area contributed by atoms with Gasteiger partial charge in [0, 0.05) is 19.0 Å². The first-order chi connectivity index (χ1) is 7.59. The minimum atomic E-state index is -0.793. The quantitative estimate of drug-likeness (QED) is 0.640. The first-order valence-electron chi connectivity index (χ1n) is 5.85. The van der Waals surface area contributed by atoms with E-state index in [0.717, 1.165) is 25.8 Å². The Kier molecular flexibility index (Phi) is 5.25. The van der Waals surface area contributed by atoms with E-state index < -0.39 is 5.97 Å². The van der Waals surface area contributed by atoms with Gasteiger partial charge in [-0.05, 0) is 32.6 Å². The zero-order chi connectivity index (χ0) is 12.0. The van der Waals surface area contributed by atoms with E-state index in [4.69, 9.17) is 5.11 Å². The predicted molar refractivity (Wildman–Crippen MR) is 60.1 cm³/mol. The van der Waals surface area contributed by atoms with Gasteiger partial charge in [-0.1, -0.05) is 0 Å². The zero-order valence-electron chi connectivity index (χ0n) is 9.66. The highest BCUT2D eigenvalue weighted by molar-refractivity contribution is 5.81. The van der Waals surface area contributed by atoms with Crippen molar-refractivity contribution in [2.24, 2.45) is 0 Å². The van der Waals surface area contributed by atoms with Gasteiger partial charge in [-0.3, -0.25) is 9.59 Å². The molecule has 1 fully saturated rings. The number of carboxylic acid groups (broad SMARTS) is 1. The van der Waals surface area contributed by atoms with Crippen molar-refractivity contribution < 1.29 is 14.7 Å². The van der Waals surface area contributed by atoms with Crippen LogP contribution >= 0.6 is 0 Å². The van der Waals surface area contributed by atoms with Gasteiger partial charge in [0.15, 0.2) is 0 Å². The van der Waals surface area contributed by atoms with Crippen LogP contribution in [-0.4, -0.2) is 35.6 Å². The lowest BCUT2D eigenvalue weighted by Gasteiger charge is -2.20. The van der Waals surface area contributed by atoms with E-state index in [1.54, 1.807) is 0 Å². The molecule has 1 amide bonds. The van der Waals surface area contributed by atoms with Crippen LogP contribution < -0.4 is 10.6 Å². The molecule has 0 bridgehead atoms. The second kappa shape index (κ2) is 6.48. The number of hydrogen-bond acceptors (Lipinski definition) is 3. The number of carbonyl (C=O) groups is 2. The Morgan fingerprint density at radius 3 is 3.06 bits per heavy atom. The average Bonchev–Trinajstić information content (AvgIpc) is 2.42. The van der Waals surface area contributed by atoms with Crippen LogP contribution in [-0.2, 0) is 9.59 Å². The number of amides is 1. The van der Waals surface area contributed by atoms with E-state index in [0.29, 0.717) is 6.42 Å². The number of nitrogens with one attached hydrogen (secondary N) is 2. The highest BCUT2D eigenvalue weighted by Gasteiger charge is 2.21. The largest absolute Gasteiger partial charge is 0.481 e. The summed E-state index contributed by atoms with van der Waals surface area (Å²) in [5.74, 6) is -0.751. The molecule has 0 radical (unpaired) electrons. The summed E-state index contributed by atoms with van der Waals surface area (Å²) in [4.78, 5) is 22.0. The van der Waals surface area contributed by atoms with Gasteiger partial charge in [0.05, 0.1) is 6.04 Å². The summed E-state index contributed by atoms with van der Waals surface area (Å²) in [5, 5.41) is 14.6. The second-order valence-corrected chi connectivity index (χ2v) is 4.34. The highest BCUT2D eigenvalue weighted by Crippen LogP contribution is 2.07. The molecule has 92 valence electrons. The van der Waals surface area contributed by atoms with Crippen LogP contribution in [0.25, 0.3) is 0 Å². The van der Waals surface area contributed by atoms with E-state index in [1.165, 1.54) is 0 Å². The zero-order valence-corrected chi connectivity index (χ0v) is 9.66. The third kappa shape index (κ3) is 4.61. The van der Waals surface area contributed by atoms with Crippen LogP contribution in [0.15, 0.2) is 0 Å². The van der Waals surface area contributed by atoms with Crippen molar-refractivity contribution in [3.05, 3.63) is 0 Å². The molecule has 1 aliphatic rings. The molecule has 2 atom stereocenters. The third-order valence-electron chi connectivity index (χ3n) is 2.81. The van der Waals surface area contributed by atoms with Gasteiger partial charge in [-0.15, -0.1) is 0 Å². The Morgan fingerprint density at radius 2 is 2.38 bits per heavy atom. The van der Waals surface area contributed by atoms with Crippen LogP contribution in [0.5, 0.6) is 0 Å². The molecule has 5 heteroatoms. The number of carbonyl (C=O) groups excluding carboxylic acids is 1.